The fourth-order valence-electron chi connectivity index (χ4n) is 1.58. The zero-order valence-corrected chi connectivity index (χ0v) is 10.2. The number of benzene rings is 1. The van der Waals surface area contributed by atoms with E-state index in [0.717, 1.165) is 11.4 Å². The number of carbonyl (C=O) groups excluding carboxylic acids is 1. The van der Waals surface area contributed by atoms with Crippen LogP contribution in [0, 0.1) is 0 Å². The number of carbonyl (C=O) groups is 1. The molecule has 0 spiro atoms. The number of hydrogen-bond acceptors (Lipinski definition) is 1. The highest BCUT2D eigenvalue weighted by atomic mass is 16.1. The Balaban J connectivity index is 2.02. The summed E-state index contributed by atoms with van der Waals surface area (Å²) in [4.78, 5) is 11.7. The van der Waals surface area contributed by atoms with E-state index in [-0.39, 0.29) is 5.91 Å². The lowest BCUT2D eigenvalue weighted by atomic mass is 10.3. The van der Waals surface area contributed by atoms with E-state index >= 15 is 0 Å². The summed E-state index contributed by atoms with van der Waals surface area (Å²) in [6.45, 7) is 0. The molecule has 0 saturated carbocycles. The van der Waals surface area contributed by atoms with Crippen LogP contribution in [0.1, 0.15) is 5.69 Å². The summed E-state index contributed by atoms with van der Waals surface area (Å²) in [5.41, 5.74) is 1.77. The first-order valence-electron chi connectivity index (χ1n) is 5.74. The standard InChI is InChI=1S/C15H14N2O/c1-17-12-6-5-9-14(17)10-11-15(18)16-13-7-3-2-4-8-13/h2-12H,1H3/p+1/b11-10+. The fourth-order valence-corrected chi connectivity index (χ4v) is 1.58. The Morgan fingerprint density at radius 1 is 1.11 bits per heavy atom. The average Bonchev–Trinajstić information content (AvgIpc) is 2.39. The van der Waals surface area contributed by atoms with Crippen LogP contribution in [0.15, 0.2) is 60.8 Å². The van der Waals surface area contributed by atoms with Crippen LogP contribution >= 0.6 is 0 Å². The molecule has 1 N–H and O–H groups in total. The smallest absolute Gasteiger partial charge is 0.248 e. The van der Waals surface area contributed by atoms with E-state index in [1.807, 2.05) is 66.3 Å². The van der Waals surface area contributed by atoms with Crippen molar-refractivity contribution >= 4 is 17.7 Å². The molecule has 0 bridgehead atoms. The quantitative estimate of drug-likeness (QED) is 0.646. The van der Waals surface area contributed by atoms with Crippen molar-refractivity contribution in [3.63, 3.8) is 0 Å². The fraction of sp³-hybridized carbons (Fsp3) is 0.0667. The third kappa shape index (κ3) is 3.28. The Morgan fingerprint density at radius 3 is 2.56 bits per heavy atom. The number of rotatable bonds is 3. The molecule has 0 aliphatic rings. The third-order valence-electron chi connectivity index (χ3n) is 2.54. The average molecular weight is 239 g/mol. The minimum Gasteiger partial charge on any atom is -0.323 e. The molecule has 1 aromatic carbocycles. The maximum absolute atomic E-state index is 11.7. The molecule has 90 valence electrons. The summed E-state index contributed by atoms with van der Waals surface area (Å²) in [6.07, 6.45) is 5.26. The summed E-state index contributed by atoms with van der Waals surface area (Å²) in [7, 11) is 1.94. The van der Waals surface area contributed by atoms with E-state index in [0.29, 0.717) is 0 Å². The Kier molecular flexibility index (Phi) is 3.86. The minimum atomic E-state index is -0.134. The van der Waals surface area contributed by atoms with Crippen molar-refractivity contribution in [2.75, 3.05) is 5.32 Å². The molecular weight excluding hydrogens is 224 g/mol. The predicted octanol–water partition coefficient (Wildman–Crippen LogP) is 2.16. The first-order chi connectivity index (χ1) is 8.75. The number of amides is 1. The van der Waals surface area contributed by atoms with Gasteiger partial charge < -0.3 is 5.32 Å². The number of aryl methyl sites for hydroxylation is 1. The van der Waals surface area contributed by atoms with Crippen LogP contribution in [0.5, 0.6) is 0 Å². The Hall–Kier alpha value is -2.42. The van der Waals surface area contributed by atoms with Crippen molar-refractivity contribution in [3.8, 4) is 0 Å². The van der Waals surface area contributed by atoms with E-state index < -0.39 is 0 Å². The lowest BCUT2D eigenvalue weighted by Gasteiger charge is -2.00. The largest absolute Gasteiger partial charge is 0.323 e. The zero-order chi connectivity index (χ0) is 12.8. The van der Waals surface area contributed by atoms with Crippen LogP contribution < -0.4 is 9.88 Å². The lowest BCUT2D eigenvalue weighted by molar-refractivity contribution is -0.673. The van der Waals surface area contributed by atoms with Crippen molar-refractivity contribution in [3.05, 3.63) is 66.5 Å². The highest BCUT2D eigenvalue weighted by molar-refractivity contribution is 6.01. The molecule has 0 saturated heterocycles. The molecule has 0 aliphatic heterocycles. The van der Waals surface area contributed by atoms with Crippen LogP contribution in [-0.2, 0) is 11.8 Å². The Labute approximate surface area is 106 Å². The van der Waals surface area contributed by atoms with E-state index in [9.17, 15) is 4.79 Å². The van der Waals surface area contributed by atoms with Crippen LogP contribution in [0.4, 0.5) is 5.69 Å². The molecule has 1 aromatic heterocycles. The monoisotopic (exact) mass is 239 g/mol. The Bertz CT molecular complexity index is 562. The van der Waals surface area contributed by atoms with E-state index in [1.54, 1.807) is 6.08 Å². The second kappa shape index (κ2) is 5.77. The molecule has 18 heavy (non-hydrogen) atoms. The van der Waals surface area contributed by atoms with Gasteiger partial charge in [-0.15, -0.1) is 0 Å². The molecular formula is C15H15N2O+. The predicted molar refractivity (Wildman–Crippen MR) is 71.7 cm³/mol. The highest BCUT2D eigenvalue weighted by Gasteiger charge is 2.01. The van der Waals surface area contributed by atoms with Gasteiger partial charge in [-0.05, 0) is 18.2 Å². The molecule has 0 unspecified atom stereocenters. The van der Waals surface area contributed by atoms with Crippen molar-refractivity contribution in [1.82, 2.24) is 0 Å². The molecule has 1 amide bonds. The van der Waals surface area contributed by atoms with Gasteiger partial charge in [0.05, 0.1) is 0 Å². The number of pyridine rings is 1. The number of hydrogen-bond donors (Lipinski definition) is 1. The van der Waals surface area contributed by atoms with E-state index in [4.69, 9.17) is 0 Å². The van der Waals surface area contributed by atoms with Crippen molar-refractivity contribution in [2.45, 2.75) is 0 Å². The molecule has 2 aromatic rings. The van der Waals surface area contributed by atoms with Gasteiger partial charge in [-0.1, -0.05) is 18.2 Å². The van der Waals surface area contributed by atoms with Gasteiger partial charge >= 0.3 is 0 Å². The molecule has 1 heterocycles. The van der Waals surface area contributed by atoms with Gasteiger partial charge in [-0.2, -0.15) is 0 Å². The van der Waals surface area contributed by atoms with Crippen molar-refractivity contribution < 1.29 is 9.36 Å². The summed E-state index contributed by atoms with van der Waals surface area (Å²) >= 11 is 0. The topological polar surface area (TPSA) is 33.0 Å². The van der Waals surface area contributed by atoms with Crippen LogP contribution in [0.2, 0.25) is 0 Å². The summed E-state index contributed by atoms with van der Waals surface area (Å²) in [6, 6.07) is 15.2. The normalized spacial score (nSPS) is 10.5. The molecule has 2 rings (SSSR count). The van der Waals surface area contributed by atoms with Crippen LogP contribution in [0.3, 0.4) is 0 Å². The number of anilines is 1. The first-order valence-corrected chi connectivity index (χ1v) is 5.74. The SMILES string of the molecule is C[n+]1ccccc1/C=C/C(=O)Nc1ccccc1. The molecule has 3 nitrogen and oxygen atoms in total. The molecule has 0 aliphatic carbocycles. The number of para-hydroxylation sites is 1. The van der Waals surface area contributed by atoms with Crippen LogP contribution in [-0.4, -0.2) is 5.91 Å². The maximum atomic E-state index is 11.7. The number of aromatic nitrogens is 1. The second-order valence-corrected chi connectivity index (χ2v) is 3.93. The number of nitrogens with one attached hydrogen (secondary N) is 1. The molecule has 0 atom stereocenters. The minimum absolute atomic E-state index is 0.134. The van der Waals surface area contributed by atoms with Gasteiger partial charge in [0.15, 0.2) is 6.20 Å². The third-order valence-corrected chi connectivity index (χ3v) is 2.54. The van der Waals surface area contributed by atoms with Crippen molar-refractivity contribution in [2.24, 2.45) is 7.05 Å². The van der Waals surface area contributed by atoms with Crippen molar-refractivity contribution in [1.29, 1.82) is 0 Å². The van der Waals surface area contributed by atoms with Gasteiger partial charge in [0.2, 0.25) is 11.6 Å². The molecule has 0 radical (unpaired) electrons. The summed E-state index contributed by atoms with van der Waals surface area (Å²) < 4.78 is 1.95. The first kappa shape index (κ1) is 12.0. The molecule has 3 heteroatoms. The Morgan fingerprint density at radius 2 is 1.83 bits per heavy atom. The highest BCUT2D eigenvalue weighted by Crippen LogP contribution is 2.05. The van der Waals surface area contributed by atoms with Gasteiger partial charge in [-0.3, -0.25) is 4.79 Å². The van der Waals surface area contributed by atoms with Gasteiger partial charge in [0, 0.05) is 30.0 Å². The maximum Gasteiger partial charge on any atom is 0.248 e. The van der Waals surface area contributed by atoms with E-state index in [2.05, 4.69) is 5.32 Å². The summed E-state index contributed by atoms with van der Waals surface area (Å²) in [5, 5.41) is 2.80. The van der Waals surface area contributed by atoms with Gasteiger partial charge in [0.1, 0.15) is 7.05 Å². The number of nitrogens with zero attached hydrogens (tertiary/aromatic N) is 1. The summed E-state index contributed by atoms with van der Waals surface area (Å²) in [5.74, 6) is -0.134. The van der Waals surface area contributed by atoms with E-state index in [1.165, 1.54) is 6.08 Å². The van der Waals surface area contributed by atoms with Gasteiger partial charge in [-0.25, -0.2) is 4.57 Å². The van der Waals surface area contributed by atoms with Gasteiger partial charge in [0.25, 0.3) is 0 Å². The molecule has 0 fully saturated rings. The zero-order valence-electron chi connectivity index (χ0n) is 10.2. The lowest BCUT2D eigenvalue weighted by Crippen LogP contribution is -2.30. The second-order valence-electron chi connectivity index (χ2n) is 3.93. The van der Waals surface area contributed by atoms with Crippen LogP contribution in [0.25, 0.3) is 6.08 Å².